The number of hydrogen-bond acceptors (Lipinski definition) is 6. The normalized spacial score (nSPS) is 18.2. The molecule has 1 saturated heterocycles. The van der Waals surface area contributed by atoms with Crippen LogP contribution in [-0.2, 0) is 19.6 Å². The van der Waals surface area contributed by atoms with Gasteiger partial charge in [-0.1, -0.05) is 17.7 Å². The lowest BCUT2D eigenvalue weighted by atomic mass is 10.2. The van der Waals surface area contributed by atoms with Gasteiger partial charge in [0.05, 0.1) is 11.1 Å². The van der Waals surface area contributed by atoms with Gasteiger partial charge in [0.25, 0.3) is 0 Å². The number of ether oxygens (including phenoxy) is 1. The number of nitrogens with zero attached hydrogens (tertiary/aromatic N) is 2. The Labute approximate surface area is 169 Å². The zero-order valence-electron chi connectivity index (χ0n) is 16.2. The quantitative estimate of drug-likeness (QED) is 0.717. The van der Waals surface area contributed by atoms with E-state index in [9.17, 15) is 18.0 Å². The fourth-order valence-corrected chi connectivity index (χ4v) is 4.77. The lowest BCUT2D eigenvalue weighted by Gasteiger charge is -2.24. The van der Waals surface area contributed by atoms with Crippen molar-refractivity contribution < 1.29 is 22.7 Å². The van der Waals surface area contributed by atoms with E-state index in [-0.39, 0.29) is 17.2 Å². The molecule has 8 nitrogen and oxygen atoms in total. The molecule has 0 bridgehead atoms. The maximum Gasteiger partial charge on any atom is 0.333 e. The lowest BCUT2D eigenvalue weighted by Crippen LogP contribution is -2.50. The Morgan fingerprint density at radius 3 is 2.62 bits per heavy atom. The molecule has 0 aliphatic carbocycles. The first-order valence-electron chi connectivity index (χ1n) is 9.29. The van der Waals surface area contributed by atoms with E-state index in [1.165, 1.54) is 29.6 Å². The van der Waals surface area contributed by atoms with Crippen LogP contribution in [0.2, 0.25) is 0 Å². The minimum Gasteiger partial charge on any atom is -0.423 e. The number of pyridine rings is 1. The third-order valence-corrected chi connectivity index (χ3v) is 6.62. The van der Waals surface area contributed by atoms with Gasteiger partial charge in [0.2, 0.25) is 15.9 Å². The minimum atomic E-state index is -3.81. The Balaban J connectivity index is 1.68. The predicted molar refractivity (Wildman–Crippen MR) is 106 cm³/mol. The average molecular weight is 417 g/mol. The average Bonchev–Trinajstić information content (AvgIpc) is 3.20. The Bertz CT molecular complexity index is 977. The second-order valence-electron chi connectivity index (χ2n) is 6.93. The highest BCUT2D eigenvalue weighted by molar-refractivity contribution is 7.89. The summed E-state index contributed by atoms with van der Waals surface area (Å²) in [6.45, 7) is 3.61. The van der Waals surface area contributed by atoms with Crippen LogP contribution in [-0.4, -0.2) is 48.2 Å². The maximum atomic E-state index is 13.0. The summed E-state index contributed by atoms with van der Waals surface area (Å²) < 4.78 is 32.3. The molecule has 0 radical (unpaired) electrons. The van der Waals surface area contributed by atoms with Crippen LogP contribution in [0.5, 0.6) is 5.75 Å². The number of esters is 1. The molecule has 154 valence electrons. The molecule has 1 aliphatic heterocycles. The van der Waals surface area contributed by atoms with Gasteiger partial charge in [-0.3, -0.25) is 9.78 Å². The second kappa shape index (κ2) is 8.71. The van der Waals surface area contributed by atoms with Crippen LogP contribution in [0.1, 0.15) is 25.3 Å². The van der Waals surface area contributed by atoms with Gasteiger partial charge < -0.3 is 10.1 Å². The number of aromatic nitrogens is 1. The van der Waals surface area contributed by atoms with Crippen molar-refractivity contribution in [2.45, 2.75) is 43.7 Å². The molecule has 1 fully saturated rings. The van der Waals surface area contributed by atoms with E-state index in [1.807, 2.05) is 6.92 Å². The summed E-state index contributed by atoms with van der Waals surface area (Å²) >= 11 is 0. The van der Waals surface area contributed by atoms with Crippen LogP contribution in [0.15, 0.2) is 53.7 Å². The molecular formula is C20H23N3O5S. The van der Waals surface area contributed by atoms with Crippen LogP contribution in [0, 0.1) is 6.92 Å². The van der Waals surface area contributed by atoms with Gasteiger partial charge in [0.15, 0.2) is 0 Å². The number of carbonyl (C=O) groups excluding carboxylic acids is 2. The number of benzene rings is 1. The van der Waals surface area contributed by atoms with E-state index in [0.717, 1.165) is 5.56 Å². The number of hydrogen-bond donors (Lipinski definition) is 1. The van der Waals surface area contributed by atoms with Crippen molar-refractivity contribution in [3.05, 3.63) is 54.4 Å². The number of aryl methyl sites for hydroxylation is 1. The number of carbonyl (C=O) groups is 2. The number of nitrogens with one attached hydrogen (secondary N) is 1. The Morgan fingerprint density at radius 2 is 1.97 bits per heavy atom. The fraction of sp³-hybridized carbons (Fsp3) is 0.350. The molecule has 1 aromatic carbocycles. The number of amides is 1. The van der Waals surface area contributed by atoms with Crippen LogP contribution in [0.25, 0.3) is 0 Å². The molecule has 29 heavy (non-hydrogen) atoms. The van der Waals surface area contributed by atoms with E-state index >= 15 is 0 Å². The summed E-state index contributed by atoms with van der Waals surface area (Å²) in [6.07, 6.45) is 3.89. The minimum absolute atomic E-state index is 0.145. The molecule has 9 heteroatoms. The Morgan fingerprint density at radius 1 is 1.24 bits per heavy atom. The van der Waals surface area contributed by atoms with Crippen molar-refractivity contribution in [2.24, 2.45) is 0 Å². The van der Waals surface area contributed by atoms with Crippen molar-refractivity contribution in [1.82, 2.24) is 14.6 Å². The van der Waals surface area contributed by atoms with Crippen molar-refractivity contribution in [2.75, 3.05) is 6.54 Å². The van der Waals surface area contributed by atoms with E-state index in [4.69, 9.17) is 4.74 Å². The summed E-state index contributed by atoms with van der Waals surface area (Å²) in [6, 6.07) is 7.90. The molecule has 1 N–H and O–H groups in total. The highest BCUT2D eigenvalue weighted by Gasteiger charge is 2.40. The van der Waals surface area contributed by atoms with Crippen LogP contribution < -0.4 is 10.1 Å². The highest BCUT2D eigenvalue weighted by atomic mass is 32.2. The second-order valence-corrected chi connectivity index (χ2v) is 8.82. The topological polar surface area (TPSA) is 106 Å². The summed E-state index contributed by atoms with van der Waals surface area (Å²) in [5.74, 6) is -0.908. The summed E-state index contributed by atoms with van der Waals surface area (Å²) in [5, 5.41) is 2.56. The van der Waals surface area contributed by atoms with Gasteiger partial charge in [0, 0.05) is 12.7 Å². The summed E-state index contributed by atoms with van der Waals surface area (Å²) in [5.41, 5.74) is 0.945. The van der Waals surface area contributed by atoms with Gasteiger partial charge >= 0.3 is 5.97 Å². The third kappa shape index (κ3) is 4.80. The lowest BCUT2D eigenvalue weighted by molar-refractivity contribution is -0.139. The van der Waals surface area contributed by atoms with Crippen LogP contribution in [0.4, 0.5) is 0 Å². The smallest absolute Gasteiger partial charge is 0.333 e. The van der Waals surface area contributed by atoms with E-state index in [2.05, 4.69) is 10.3 Å². The fourth-order valence-electron chi connectivity index (χ4n) is 3.12. The molecule has 0 spiro atoms. The largest absolute Gasteiger partial charge is 0.423 e. The SMILES string of the molecule is Cc1ccc(S(=O)(=O)N2CCC[C@H]2C(=O)N[C@@H](C)C(=O)Oc2cccnc2)cc1. The molecule has 0 unspecified atom stereocenters. The Hall–Kier alpha value is -2.78. The van der Waals surface area contributed by atoms with Gasteiger partial charge in [0.1, 0.15) is 17.8 Å². The Kier molecular flexibility index (Phi) is 6.29. The van der Waals surface area contributed by atoms with Crippen LogP contribution >= 0.6 is 0 Å². The predicted octanol–water partition coefficient (Wildman–Crippen LogP) is 1.65. The molecule has 2 aromatic rings. The third-order valence-electron chi connectivity index (χ3n) is 4.70. The van der Waals surface area contributed by atoms with Gasteiger partial charge in [-0.15, -0.1) is 0 Å². The molecular weight excluding hydrogens is 394 g/mol. The van der Waals surface area contributed by atoms with Crippen molar-refractivity contribution in [3.8, 4) is 5.75 Å². The molecule has 2 atom stereocenters. The van der Waals surface area contributed by atoms with E-state index in [1.54, 1.807) is 30.5 Å². The maximum absolute atomic E-state index is 13.0. The highest BCUT2D eigenvalue weighted by Crippen LogP contribution is 2.26. The van der Waals surface area contributed by atoms with Crippen LogP contribution in [0.3, 0.4) is 0 Å². The summed E-state index contributed by atoms with van der Waals surface area (Å²) in [7, 11) is -3.81. The van der Waals surface area contributed by atoms with Gasteiger partial charge in [-0.25, -0.2) is 13.2 Å². The zero-order valence-corrected chi connectivity index (χ0v) is 17.1. The standard InChI is InChI=1S/C20H23N3O5S/c1-14-7-9-17(10-8-14)29(26,27)23-12-4-6-18(23)19(24)22-15(2)20(25)28-16-5-3-11-21-13-16/h3,5,7-11,13,15,18H,4,6,12H2,1-2H3,(H,22,24)/t15-,18-/m0/s1. The van der Waals surface area contributed by atoms with E-state index in [0.29, 0.717) is 12.8 Å². The molecule has 1 aliphatic rings. The summed E-state index contributed by atoms with van der Waals surface area (Å²) in [4.78, 5) is 28.9. The number of sulfonamides is 1. The zero-order chi connectivity index (χ0) is 21.0. The molecule has 1 aromatic heterocycles. The van der Waals surface area contributed by atoms with Gasteiger partial charge in [-0.05, 0) is 51.0 Å². The first kappa shape index (κ1) is 20.9. The monoisotopic (exact) mass is 417 g/mol. The molecule has 2 heterocycles. The molecule has 3 rings (SSSR count). The first-order chi connectivity index (χ1) is 13.8. The van der Waals surface area contributed by atoms with Crippen molar-refractivity contribution in [3.63, 3.8) is 0 Å². The molecule has 0 saturated carbocycles. The van der Waals surface area contributed by atoms with E-state index < -0.39 is 34.0 Å². The van der Waals surface area contributed by atoms with Gasteiger partial charge in [-0.2, -0.15) is 4.31 Å². The van der Waals surface area contributed by atoms with Crippen molar-refractivity contribution >= 4 is 21.9 Å². The molecule has 1 amide bonds. The number of rotatable bonds is 6. The first-order valence-corrected chi connectivity index (χ1v) is 10.7. The van der Waals surface area contributed by atoms with Crippen molar-refractivity contribution in [1.29, 1.82) is 0 Å².